The minimum absolute atomic E-state index is 0.424. The Bertz CT molecular complexity index is 397. The van der Waals surface area contributed by atoms with Crippen molar-refractivity contribution in [2.75, 3.05) is 18.0 Å². The lowest BCUT2D eigenvalue weighted by atomic mass is 10.1. The lowest BCUT2D eigenvalue weighted by Crippen LogP contribution is -2.29. The van der Waals surface area contributed by atoms with E-state index in [0.29, 0.717) is 4.88 Å². The van der Waals surface area contributed by atoms with Crippen LogP contribution in [0.2, 0.25) is 0 Å². The standard InChI is InChI=1S/C12H18N2O2S/c1-2-6-9-10(11(15)16)17-12(13-9)14-7-4-3-5-8-14/h2-8H2,1H3,(H,15,16). The summed E-state index contributed by atoms with van der Waals surface area (Å²) in [6.07, 6.45) is 5.33. The molecule has 4 nitrogen and oxygen atoms in total. The van der Waals surface area contributed by atoms with Gasteiger partial charge in [-0.05, 0) is 25.7 Å². The van der Waals surface area contributed by atoms with Crippen molar-refractivity contribution in [3.05, 3.63) is 10.6 Å². The number of aromatic nitrogens is 1. The molecule has 5 heteroatoms. The van der Waals surface area contributed by atoms with Gasteiger partial charge in [-0.15, -0.1) is 0 Å². The van der Waals surface area contributed by atoms with Gasteiger partial charge in [-0.3, -0.25) is 0 Å². The second-order valence-electron chi connectivity index (χ2n) is 4.38. The average Bonchev–Trinajstić information content (AvgIpc) is 2.75. The van der Waals surface area contributed by atoms with Crippen LogP contribution < -0.4 is 4.90 Å². The maximum absolute atomic E-state index is 11.1. The summed E-state index contributed by atoms with van der Waals surface area (Å²) in [5.41, 5.74) is 0.755. The van der Waals surface area contributed by atoms with Crippen LogP contribution in [0.3, 0.4) is 0 Å². The van der Waals surface area contributed by atoms with E-state index in [1.807, 2.05) is 6.92 Å². The van der Waals surface area contributed by atoms with Crippen LogP contribution in [0.5, 0.6) is 0 Å². The third-order valence-electron chi connectivity index (χ3n) is 2.99. The predicted octanol–water partition coefficient (Wildman–Crippen LogP) is 2.78. The Kier molecular flexibility index (Phi) is 3.99. The number of carboxylic acids is 1. The topological polar surface area (TPSA) is 53.4 Å². The van der Waals surface area contributed by atoms with Gasteiger partial charge in [-0.1, -0.05) is 24.7 Å². The summed E-state index contributed by atoms with van der Waals surface area (Å²) in [4.78, 5) is 18.3. The molecule has 0 radical (unpaired) electrons. The van der Waals surface area contributed by atoms with E-state index in [2.05, 4.69) is 9.88 Å². The number of hydrogen-bond acceptors (Lipinski definition) is 4. The molecule has 0 spiro atoms. The molecule has 94 valence electrons. The molecule has 1 fully saturated rings. The number of carbonyl (C=O) groups is 1. The first-order valence-corrected chi connectivity index (χ1v) is 7.02. The minimum atomic E-state index is -0.839. The van der Waals surface area contributed by atoms with Gasteiger partial charge in [-0.25, -0.2) is 9.78 Å². The van der Waals surface area contributed by atoms with E-state index in [1.165, 1.54) is 30.6 Å². The lowest BCUT2D eigenvalue weighted by molar-refractivity contribution is 0.0700. The Hall–Kier alpha value is -1.10. The van der Waals surface area contributed by atoms with Gasteiger partial charge in [0.1, 0.15) is 4.88 Å². The molecule has 0 unspecified atom stereocenters. The van der Waals surface area contributed by atoms with Gasteiger partial charge in [0.2, 0.25) is 0 Å². The quantitative estimate of drug-likeness (QED) is 0.897. The maximum Gasteiger partial charge on any atom is 0.347 e. The van der Waals surface area contributed by atoms with Crippen molar-refractivity contribution in [1.82, 2.24) is 4.98 Å². The number of rotatable bonds is 4. The molecule has 1 N–H and O–H groups in total. The van der Waals surface area contributed by atoms with Gasteiger partial charge < -0.3 is 10.0 Å². The summed E-state index contributed by atoms with van der Waals surface area (Å²) in [7, 11) is 0. The third kappa shape index (κ3) is 2.77. The molecule has 0 bridgehead atoms. The fourth-order valence-electron chi connectivity index (χ4n) is 2.13. The maximum atomic E-state index is 11.1. The molecule has 0 atom stereocenters. The van der Waals surface area contributed by atoms with Gasteiger partial charge in [0.15, 0.2) is 5.13 Å². The van der Waals surface area contributed by atoms with Crippen LogP contribution >= 0.6 is 11.3 Å². The van der Waals surface area contributed by atoms with E-state index in [0.717, 1.165) is 36.8 Å². The number of thiazole rings is 1. The molecular formula is C12H18N2O2S. The van der Waals surface area contributed by atoms with Crippen molar-refractivity contribution in [3.63, 3.8) is 0 Å². The molecular weight excluding hydrogens is 236 g/mol. The zero-order valence-electron chi connectivity index (χ0n) is 10.1. The molecule has 1 aliphatic rings. The fraction of sp³-hybridized carbons (Fsp3) is 0.667. The molecule has 1 aliphatic heterocycles. The summed E-state index contributed by atoms with van der Waals surface area (Å²) in [6.45, 7) is 4.07. The van der Waals surface area contributed by atoms with Crippen molar-refractivity contribution >= 4 is 22.4 Å². The van der Waals surface area contributed by atoms with E-state index in [-0.39, 0.29) is 0 Å². The van der Waals surface area contributed by atoms with Crippen LogP contribution in [0.4, 0.5) is 5.13 Å². The molecule has 2 heterocycles. The second kappa shape index (κ2) is 5.49. The molecule has 17 heavy (non-hydrogen) atoms. The third-order valence-corrected chi connectivity index (χ3v) is 4.14. The van der Waals surface area contributed by atoms with Crippen molar-refractivity contribution in [3.8, 4) is 0 Å². The number of carboxylic acid groups (broad SMARTS) is 1. The van der Waals surface area contributed by atoms with Gasteiger partial charge in [0.05, 0.1) is 5.69 Å². The first-order valence-electron chi connectivity index (χ1n) is 6.20. The Balaban J connectivity index is 2.22. The molecule has 1 aromatic heterocycles. The molecule has 0 saturated carbocycles. The summed E-state index contributed by atoms with van der Waals surface area (Å²) < 4.78 is 0. The number of aromatic carboxylic acids is 1. The molecule has 1 saturated heterocycles. The number of anilines is 1. The zero-order valence-corrected chi connectivity index (χ0v) is 10.9. The fourth-order valence-corrected chi connectivity index (χ4v) is 3.14. The van der Waals surface area contributed by atoms with E-state index in [4.69, 9.17) is 5.11 Å². The van der Waals surface area contributed by atoms with Crippen molar-refractivity contribution in [2.24, 2.45) is 0 Å². The smallest absolute Gasteiger partial charge is 0.347 e. The van der Waals surface area contributed by atoms with Gasteiger partial charge in [-0.2, -0.15) is 0 Å². The van der Waals surface area contributed by atoms with Gasteiger partial charge in [0, 0.05) is 13.1 Å². The van der Waals surface area contributed by atoms with Crippen LogP contribution in [0.25, 0.3) is 0 Å². The Morgan fingerprint density at radius 1 is 1.41 bits per heavy atom. The first-order chi connectivity index (χ1) is 8.22. The molecule has 0 amide bonds. The first kappa shape index (κ1) is 12.4. The van der Waals surface area contributed by atoms with Crippen LogP contribution in [0.15, 0.2) is 0 Å². The van der Waals surface area contributed by atoms with E-state index >= 15 is 0 Å². The largest absolute Gasteiger partial charge is 0.477 e. The van der Waals surface area contributed by atoms with Gasteiger partial charge >= 0.3 is 5.97 Å². The van der Waals surface area contributed by atoms with E-state index in [9.17, 15) is 4.79 Å². The highest BCUT2D eigenvalue weighted by Gasteiger charge is 2.21. The molecule has 1 aromatic rings. The number of hydrogen-bond donors (Lipinski definition) is 1. The Labute approximate surface area is 105 Å². The van der Waals surface area contributed by atoms with E-state index < -0.39 is 5.97 Å². The average molecular weight is 254 g/mol. The normalized spacial score (nSPS) is 16.2. The summed E-state index contributed by atoms with van der Waals surface area (Å²) in [6, 6.07) is 0. The minimum Gasteiger partial charge on any atom is -0.477 e. The highest BCUT2D eigenvalue weighted by molar-refractivity contribution is 7.17. The Morgan fingerprint density at radius 3 is 2.71 bits per heavy atom. The van der Waals surface area contributed by atoms with Crippen molar-refractivity contribution in [1.29, 1.82) is 0 Å². The number of aryl methyl sites for hydroxylation is 1. The van der Waals surface area contributed by atoms with E-state index in [1.54, 1.807) is 0 Å². The zero-order chi connectivity index (χ0) is 12.3. The number of nitrogens with zero attached hydrogens (tertiary/aromatic N) is 2. The monoisotopic (exact) mass is 254 g/mol. The van der Waals surface area contributed by atoms with Crippen molar-refractivity contribution < 1.29 is 9.90 Å². The Morgan fingerprint density at radius 2 is 2.12 bits per heavy atom. The highest BCUT2D eigenvalue weighted by atomic mass is 32.1. The number of piperidine rings is 1. The highest BCUT2D eigenvalue weighted by Crippen LogP contribution is 2.29. The van der Waals surface area contributed by atoms with Crippen LogP contribution in [0, 0.1) is 0 Å². The predicted molar refractivity (Wildman–Crippen MR) is 69.1 cm³/mol. The molecule has 0 aromatic carbocycles. The van der Waals surface area contributed by atoms with Crippen LogP contribution in [-0.4, -0.2) is 29.1 Å². The molecule has 2 rings (SSSR count). The second-order valence-corrected chi connectivity index (χ2v) is 5.35. The summed E-state index contributed by atoms with van der Waals surface area (Å²) in [5, 5.41) is 10.0. The molecule has 0 aliphatic carbocycles. The summed E-state index contributed by atoms with van der Waals surface area (Å²) >= 11 is 1.33. The van der Waals surface area contributed by atoms with Crippen LogP contribution in [-0.2, 0) is 6.42 Å². The van der Waals surface area contributed by atoms with Crippen molar-refractivity contribution in [2.45, 2.75) is 39.0 Å². The summed E-state index contributed by atoms with van der Waals surface area (Å²) in [5.74, 6) is -0.839. The van der Waals surface area contributed by atoms with Crippen LogP contribution in [0.1, 0.15) is 48.0 Å². The van der Waals surface area contributed by atoms with Gasteiger partial charge in [0.25, 0.3) is 0 Å². The lowest BCUT2D eigenvalue weighted by Gasteiger charge is -2.25. The SMILES string of the molecule is CCCc1nc(N2CCCCC2)sc1C(=O)O.